The van der Waals surface area contributed by atoms with Crippen molar-refractivity contribution in [2.24, 2.45) is 4.99 Å². The highest BCUT2D eigenvalue weighted by atomic mass is 16.2. The first-order chi connectivity index (χ1) is 14.1. The number of anilines is 2. The maximum atomic E-state index is 13.0. The summed E-state index contributed by atoms with van der Waals surface area (Å²) in [6, 6.07) is 26.4. The van der Waals surface area contributed by atoms with Crippen LogP contribution in [0.3, 0.4) is 0 Å². The van der Waals surface area contributed by atoms with Crippen LogP contribution in [0.25, 0.3) is 0 Å². The Morgan fingerprint density at radius 2 is 1.41 bits per heavy atom. The van der Waals surface area contributed by atoms with Crippen LogP contribution in [0.15, 0.2) is 89.9 Å². The number of nitrogens with zero attached hydrogens (tertiary/aromatic N) is 1. The molecule has 5 heteroatoms. The molecule has 0 aliphatic carbocycles. The van der Waals surface area contributed by atoms with E-state index in [1.54, 1.807) is 12.1 Å². The SMILES string of the molecule is CC(=O)Nc1ccccc1C(=NCCc1ccccc1)C(=O)Nc1ccccc1. The van der Waals surface area contributed by atoms with Gasteiger partial charge in [-0.05, 0) is 30.2 Å². The predicted molar refractivity (Wildman–Crippen MR) is 117 cm³/mol. The van der Waals surface area contributed by atoms with Gasteiger partial charge in [0.1, 0.15) is 5.71 Å². The van der Waals surface area contributed by atoms with Gasteiger partial charge >= 0.3 is 0 Å². The van der Waals surface area contributed by atoms with Crippen molar-refractivity contribution in [3.8, 4) is 0 Å². The van der Waals surface area contributed by atoms with Crippen molar-refractivity contribution in [3.05, 3.63) is 96.1 Å². The molecule has 0 spiro atoms. The molecule has 0 radical (unpaired) electrons. The van der Waals surface area contributed by atoms with Gasteiger partial charge in [-0.25, -0.2) is 0 Å². The number of para-hydroxylation sites is 2. The number of hydrogen-bond donors (Lipinski definition) is 2. The van der Waals surface area contributed by atoms with E-state index in [0.29, 0.717) is 29.9 Å². The third-order valence-electron chi connectivity index (χ3n) is 4.25. The average Bonchev–Trinajstić information content (AvgIpc) is 2.73. The molecule has 0 fully saturated rings. The summed E-state index contributed by atoms with van der Waals surface area (Å²) in [4.78, 5) is 29.2. The first kappa shape index (κ1) is 20.0. The van der Waals surface area contributed by atoms with Crippen LogP contribution >= 0.6 is 0 Å². The Kier molecular flexibility index (Phi) is 6.90. The Balaban J connectivity index is 1.89. The van der Waals surface area contributed by atoms with Crippen molar-refractivity contribution >= 4 is 28.9 Å². The number of carbonyl (C=O) groups excluding carboxylic acids is 2. The van der Waals surface area contributed by atoms with E-state index in [9.17, 15) is 9.59 Å². The molecule has 146 valence electrons. The van der Waals surface area contributed by atoms with Crippen molar-refractivity contribution in [1.29, 1.82) is 0 Å². The van der Waals surface area contributed by atoms with Gasteiger partial charge in [0.2, 0.25) is 5.91 Å². The molecule has 0 aliphatic rings. The van der Waals surface area contributed by atoms with E-state index in [-0.39, 0.29) is 17.5 Å². The Morgan fingerprint density at radius 1 is 0.793 bits per heavy atom. The van der Waals surface area contributed by atoms with Crippen molar-refractivity contribution in [1.82, 2.24) is 0 Å². The molecule has 2 amide bonds. The minimum atomic E-state index is -0.318. The van der Waals surface area contributed by atoms with E-state index in [1.165, 1.54) is 6.92 Å². The predicted octanol–water partition coefficient (Wildman–Crippen LogP) is 4.32. The number of benzene rings is 3. The monoisotopic (exact) mass is 385 g/mol. The lowest BCUT2D eigenvalue weighted by Gasteiger charge is -2.13. The molecule has 3 rings (SSSR count). The first-order valence-corrected chi connectivity index (χ1v) is 9.45. The topological polar surface area (TPSA) is 70.6 Å². The largest absolute Gasteiger partial charge is 0.326 e. The summed E-state index contributed by atoms with van der Waals surface area (Å²) >= 11 is 0. The highest BCUT2D eigenvalue weighted by Crippen LogP contribution is 2.18. The smallest absolute Gasteiger partial charge is 0.274 e. The van der Waals surface area contributed by atoms with Crippen LogP contribution in [0.5, 0.6) is 0 Å². The summed E-state index contributed by atoms with van der Waals surface area (Å²) in [5.74, 6) is -0.522. The highest BCUT2D eigenvalue weighted by Gasteiger charge is 2.18. The molecule has 5 nitrogen and oxygen atoms in total. The van der Waals surface area contributed by atoms with E-state index in [0.717, 1.165) is 5.56 Å². The van der Waals surface area contributed by atoms with Gasteiger partial charge in [-0.15, -0.1) is 0 Å². The fourth-order valence-electron chi connectivity index (χ4n) is 2.92. The summed E-state index contributed by atoms with van der Waals surface area (Å²) in [6.45, 7) is 1.89. The van der Waals surface area contributed by atoms with Gasteiger partial charge in [-0.2, -0.15) is 0 Å². The van der Waals surface area contributed by atoms with Gasteiger partial charge in [0.15, 0.2) is 0 Å². The Labute approximate surface area is 170 Å². The van der Waals surface area contributed by atoms with E-state index >= 15 is 0 Å². The van der Waals surface area contributed by atoms with E-state index in [4.69, 9.17) is 0 Å². The molecule has 0 heterocycles. The van der Waals surface area contributed by atoms with Crippen LogP contribution in [0.2, 0.25) is 0 Å². The molecule has 0 aromatic heterocycles. The van der Waals surface area contributed by atoms with Gasteiger partial charge in [0.25, 0.3) is 5.91 Å². The number of nitrogens with one attached hydrogen (secondary N) is 2. The van der Waals surface area contributed by atoms with Crippen LogP contribution < -0.4 is 10.6 Å². The number of amides is 2. The quantitative estimate of drug-likeness (QED) is 0.595. The Hall–Kier alpha value is -3.73. The van der Waals surface area contributed by atoms with E-state index in [2.05, 4.69) is 15.6 Å². The Morgan fingerprint density at radius 3 is 2.10 bits per heavy atom. The summed E-state index contributed by atoms with van der Waals surface area (Å²) in [6.07, 6.45) is 0.714. The zero-order valence-electron chi connectivity index (χ0n) is 16.3. The molecular formula is C24H23N3O2. The second-order valence-electron chi connectivity index (χ2n) is 6.51. The molecule has 0 unspecified atom stereocenters. The number of aliphatic imine (C=N–C) groups is 1. The number of carbonyl (C=O) groups is 2. The van der Waals surface area contributed by atoms with E-state index < -0.39 is 0 Å². The third-order valence-corrected chi connectivity index (χ3v) is 4.25. The van der Waals surface area contributed by atoms with Crippen LogP contribution in [0, 0.1) is 0 Å². The zero-order valence-corrected chi connectivity index (χ0v) is 16.3. The van der Waals surface area contributed by atoms with Crippen molar-refractivity contribution in [2.75, 3.05) is 17.2 Å². The van der Waals surface area contributed by atoms with Crippen molar-refractivity contribution < 1.29 is 9.59 Å². The van der Waals surface area contributed by atoms with Gasteiger partial charge in [0.05, 0.1) is 5.69 Å². The first-order valence-electron chi connectivity index (χ1n) is 9.45. The normalized spacial score (nSPS) is 11.0. The molecule has 0 bridgehead atoms. The Bertz CT molecular complexity index is 999. The summed E-state index contributed by atoms with van der Waals surface area (Å²) < 4.78 is 0. The van der Waals surface area contributed by atoms with Gasteiger partial charge < -0.3 is 10.6 Å². The van der Waals surface area contributed by atoms with Gasteiger partial charge in [0, 0.05) is 24.7 Å². The summed E-state index contributed by atoms with van der Waals surface area (Å²) in [5, 5.41) is 5.67. The van der Waals surface area contributed by atoms with Crippen LogP contribution in [0.4, 0.5) is 11.4 Å². The second kappa shape index (κ2) is 9.99. The van der Waals surface area contributed by atoms with Gasteiger partial charge in [-0.3, -0.25) is 14.6 Å². The maximum absolute atomic E-state index is 13.0. The van der Waals surface area contributed by atoms with Crippen molar-refractivity contribution in [2.45, 2.75) is 13.3 Å². The highest BCUT2D eigenvalue weighted by molar-refractivity contribution is 6.50. The summed E-state index contributed by atoms with van der Waals surface area (Å²) in [5.41, 5.74) is 3.26. The minimum Gasteiger partial charge on any atom is -0.326 e. The fourth-order valence-corrected chi connectivity index (χ4v) is 2.92. The zero-order chi connectivity index (χ0) is 20.5. The minimum absolute atomic E-state index is 0.204. The summed E-state index contributed by atoms with van der Waals surface area (Å²) in [7, 11) is 0. The molecule has 3 aromatic carbocycles. The fraction of sp³-hybridized carbons (Fsp3) is 0.125. The second-order valence-corrected chi connectivity index (χ2v) is 6.51. The average molecular weight is 385 g/mol. The number of rotatable bonds is 7. The molecule has 0 saturated heterocycles. The van der Waals surface area contributed by atoms with E-state index in [1.807, 2.05) is 72.8 Å². The maximum Gasteiger partial charge on any atom is 0.274 e. The standard InChI is InChI=1S/C24H23N3O2/c1-18(28)26-22-15-9-8-14-21(22)23(24(29)27-20-12-6-3-7-13-20)25-17-16-19-10-4-2-5-11-19/h2-15H,16-17H2,1H3,(H,26,28)(H,27,29). The van der Waals surface area contributed by atoms with Gasteiger partial charge in [-0.1, -0.05) is 66.7 Å². The lowest BCUT2D eigenvalue weighted by molar-refractivity contribution is -0.114. The molecule has 3 aromatic rings. The lowest BCUT2D eigenvalue weighted by atomic mass is 10.1. The van der Waals surface area contributed by atoms with Crippen molar-refractivity contribution in [3.63, 3.8) is 0 Å². The molecule has 0 atom stereocenters. The lowest BCUT2D eigenvalue weighted by Crippen LogP contribution is -2.26. The third kappa shape index (κ3) is 5.87. The molecule has 2 N–H and O–H groups in total. The molecule has 29 heavy (non-hydrogen) atoms. The number of hydrogen-bond acceptors (Lipinski definition) is 3. The van der Waals surface area contributed by atoms with Crippen LogP contribution in [-0.2, 0) is 16.0 Å². The van der Waals surface area contributed by atoms with Crippen LogP contribution in [0.1, 0.15) is 18.1 Å². The molecule has 0 aliphatic heterocycles. The molecule has 0 saturated carbocycles. The van der Waals surface area contributed by atoms with Crippen LogP contribution in [-0.4, -0.2) is 24.1 Å². The molecular weight excluding hydrogens is 362 g/mol.